The molecule has 1 atom stereocenters. The minimum absolute atomic E-state index is 0.0790. The zero-order chi connectivity index (χ0) is 17.9. The summed E-state index contributed by atoms with van der Waals surface area (Å²) >= 11 is 1.76. The van der Waals surface area contributed by atoms with Crippen LogP contribution in [0.2, 0.25) is 0 Å². The van der Waals surface area contributed by atoms with E-state index in [1.165, 1.54) is 4.70 Å². The molecule has 1 unspecified atom stereocenters. The first-order valence-electron chi connectivity index (χ1n) is 8.82. The van der Waals surface area contributed by atoms with E-state index in [9.17, 15) is 0 Å². The summed E-state index contributed by atoms with van der Waals surface area (Å²) < 4.78 is 12.3. The number of nitrogens with zero attached hydrogens (tertiary/aromatic N) is 2. The third kappa shape index (κ3) is 3.28. The Morgan fingerprint density at radius 3 is 2.62 bits per heavy atom. The number of piperazine rings is 1. The van der Waals surface area contributed by atoms with Crippen LogP contribution in [-0.4, -0.2) is 50.3 Å². The van der Waals surface area contributed by atoms with Crippen LogP contribution in [0.5, 0.6) is 11.5 Å². The van der Waals surface area contributed by atoms with Crippen LogP contribution in [0.3, 0.4) is 0 Å². The van der Waals surface area contributed by atoms with Gasteiger partial charge >= 0.3 is 0 Å². The third-order valence-corrected chi connectivity index (χ3v) is 5.89. The number of para-hydroxylation sites is 1. The van der Waals surface area contributed by atoms with Crippen LogP contribution < -0.4 is 14.8 Å². The second-order valence-electron chi connectivity index (χ2n) is 6.32. The highest BCUT2D eigenvalue weighted by atomic mass is 32.1. The molecule has 4 rings (SSSR count). The molecule has 0 aliphatic carbocycles. The predicted molar refractivity (Wildman–Crippen MR) is 105 cm³/mol. The molecule has 1 N–H and O–H groups in total. The summed E-state index contributed by atoms with van der Waals surface area (Å²) in [5.41, 5.74) is 2.19. The number of methoxy groups -OCH3 is 2. The van der Waals surface area contributed by atoms with Gasteiger partial charge in [-0.15, -0.1) is 11.3 Å². The third-order valence-electron chi connectivity index (χ3n) is 4.80. The molecular formula is C20H23N3O2S. The van der Waals surface area contributed by atoms with Crippen LogP contribution in [0, 0.1) is 0 Å². The van der Waals surface area contributed by atoms with E-state index in [0.717, 1.165) is 53.8 Å². The van der Waals surface area contributed by atoms with Gasteiger partial charge in [0.2, 0.25) is 0 Å². The lowest BCUT2D eigenvalue weighted by Gasteiger charge is -2.34. The Morgan fingerprint density at radius 1 is 1.08 bits per heavy atom. The first-order chi connectivity index (χ1) is 12.8. The van der Waals surface area contributed by atoms with Crippen molar-refractivity contribution in [3.8, 4) is 11.5 Å². The molecule has 136 valence electrons. The number of fused-ring (bicyclic) bond motifs is 1. The number of benzene rings is 2. The molecule has 1 saturated heterocycles. The van der Waals surface area contributed by atoms with E-state index in [4.69, 9.17) is 14.5 Å². The van der Waals surface area contributed by atoms with Gasteiger partial charge in [-0.05, 0) is 24.3 Å². The maximum Gasteiger partial charge on any atom is 0.127 e. The monoisotopic (exact) mass is 369 g/mol. The SMILES string of the molecule is COc1ccc(C(c2nc3ccccc3s2)N2CCNCC2)c(OC)c1. The molecule has 0 spiro atoms. The van der Waals surface area contributed by atoms with E-state index in [1.54, 1.807) is 25.6 Å². The first-order valence-corrected chi connectivity index (χ1v) is 9.64. The number of hydrogen-bond donors (Lipinski definition) is 1. The fourth-order valence-electron chi connectivity index (χ4n) is 3.48. The van der Waals surface area contributed by atoms with E-state index >= 15 is 0 Å². The number of thiazole rings is 1. The van der Waals surface area contributed by atoms with Gasteiger partial charge in [-0.3, -0.25) is 4.90 Å². The molecule has 1 fully saturated rings. The van der Waals surface area contributed by atoms with E-state index in [-0.39, 0.29) is 6.04 Å². The van der Waals surface area contributed by atoms with Crippen LogP contribution in [0.1, 0.15) is 16.6 Å². The van der Waals surface area contributed by atoms with Gasteiger partial charge in [-0.25, -0.2) is 4.98 Å². The maximum atomic E-state index is 5.71. The van der Waals surface area contributed by atoms with Gasteiger partial charge in [0.25, 0.3) is 0 Å². The lowest BCUT2D eigenvalue weighted by atomic mass is 10.0. The van der Waals surface area contributed by atoms with Crippen molar-refractivity contribution in [2.75, 3.05) is 40.4 Å². The molecule has 0 bridgehead atoms. The summed E-state index contributed by atoms with van der Waals surface area (Å²) in [4.78, 5) is 7.44. The van der Waals surface area contributed by atoms with Gasteiger partial charge in [0, 0.05) is 37.8 Å². The van der Waals surface area contributed by atoms with Gasteiger partial charge < -0.3 is 14.8 Å². The molecule has 0 radical (unpaired) electrons. The lowest BCUT2D eigenvalue weighted by Crippen LogP contribution is -2.45. The largest absolute Gasteiger partial charge is 0.497 e. The van der Waals surface area contributed by atoms with Crippen molar-refractivity contribution >= 4 is 21.6 Å². The summed E-state index contributed by atoms with van der Waals surface area (Å²) in [5.74, 6) is 1.64. The Labute approximate surface area is 157 Å². The van der Waals surface area contributed by atoms with Gasteiger partial charge in [0.15, 0.2) is 0 Å². The van der Waals surface area contributed by atoms with E-state index in [0.29, 0.717) is 0 Å². The van der Waals surface area contributed by atoms with Crippen molar-refractivity contribution < 1.29 is 9.47 Å². The Morgan fingerprint density at radius 2 is 1.88 bits per heavy atom. The molecule has 2 heterocycles. The van der Waals surface area contributed by atoms with E-state index < -0.39 is 0 Å². The summed E-state index contributed by atoms with van der Waals surface area (Å²) in [5, 5.41) is 4.54. The smallest absolute Gasteiger partial charge is 0.127 e. The normalized spacial score (nSPS) is 16.5. The molecule has 1 aromatic heterocycles. The quantitative estimate of drug-likeness (QED) is 0.748. The Bertz CT molecular complexity index is 857. The average Bonchev–Trinajstić information content (AvgIpc) is 3.12. The van der Waals surface area contributed by atoms with Crippen molar-refractivity contribution in [1.29, 1.82) is 0 Å². The Hall–Kier alpha value is -2.15. The Kier molecular flexibility index (Phi) is 5.06. The number of ether oxygens (including phenoxy) is 2. The summed E-state index contributed by atoms with van der Waals surface area (Å²) in [6.07, 6.45) is 0. The zero-order valence-corrected chi connectivity index (χ0v) is 15.9. The molecule has 26 heavy (non-hydrogen) atoms. The van der Waals surface area contributed by atoms with Crippen molar-refractivity contribution in [3.05, 3.63) is 53.0 Å². The summed E-state index contributed by atoms with van der Waals surface area (Å²) in [6, 6.07) is 14.5. The lowest BCUT2D eigenvalue weighted by molar-refractivity contribution is 0.195. The molecular weight excluding hydrogens is 346 g/mol. The minimum atomic E-state index is 0.0790. The molecule has 2 aromatic carbocycles. The van der Waals surface area contributed by atoms with Crippen molar-refractivity contribution in [1.82, 2.24) is 15.2 Å². The Balaban J connectivity index is 1.83. The van der Waals surface area contributed by atoms with Gasteiger partial charge in [0.1, 0.15) is 16.5 Å². The maximum absolute atomic E-state index is 5.71. The summed E-state index contributed by atoms with van der Waals surface area (Å²) in [6.45, 7) is 3.94. The first kappa shape index (κ1) is 17.3. The van der Waals surface area contributed by atoms with Crippen molar-refractivity contribution in [2.24, 2.45) is 0 Å². The van der Waals surface area contributed by atoms with Gasteiger partial charge in [-0.2, -0.15) is 0 Å². The molecule has 0 amide bonds. The standard InChI is InChI=1S/C20H23N3O2S/c1-24-14-7-8-15(17(13-14)25-2)19(23-11-9-21-10-12-23)20-22-16-5-3-4-6-18(16)26-20/h3-8,13,19,21H,9-12H2,1-2H3. The highest BCUT2D eigenvalue weighted by Gasteiger charge is 2.29. The highest BCUT2D eigenvalue weighted by Crippen LogP contribution is 2.39. The fraction of sp³-hybridized carbons (Fsp3) is 0.350. The zero-order valence-electron chi connectivity index (χ0n) is 15.1. The van der Waals surface area contributed by atoms with Crippen LogP contribution in [0.4, 0.5) is 0 Å². The minimum Gasteiger partial charge on any atom is -0.497 e. The molecule has 5 nitrogen and oxygen atoms in total. The average molecular weight is 369 g/mol. The highest BCUT2D eigenvalue weighted by molar-refractivity contribution is 7.18. The molecule has 3 aromatic rings. The second kappa shape index (κ2) is 7.61. The van der Waals surface area contributed by atoms with Crippen molar-refractivity contribution in [3.63, 3.8) is 0 Å². The van der Waals surface area contributed by atoms with E-state index in [2.05, 4.69) is 34.5 Å². The number of nitrogens with one attached hydrogen (secondary N) is 1. The number of hydrogen-bond acceptors (Lipinski definition) is 6. The fourth-order valence-corrected chi connectivity index (χ4v) is 4.60. The summed E-state index contributed by atoms with van der Waals surface area (Å²) in [7, 11) is 3.39. The van der Waals surface area contributed by atoms with E-state index in [1.807, 2.05) is 18.2 Å². The van der Waals surface area contributed by atoms with Crippen LogP contribution in [-0.2, 0) is 0 Å². The molecule has 1 aliphatic heterocycles. The molecule has 6 heteroatoms. The van der Waals surface area contributed by atoms with Gasteiger partial charge in [0.05, 0.1) is 30.5 Å². The van der Waals surface area contributed by atoms with Gasteiger partial charge in [-0.1, -0.05) is 12.1 Å². The second-order valence-corrected chi connectivity index (χ2v) is 7.38. The van der Waals surface area contributed by atoms with Crippen LogP contribution in [0.25, 0.3) is 10.2 Å². The number of rotatable bonds is 5. The van der Waals surface area contributed by atoms with Crippen LogP contribution >= 0.6 is 11.3 Å². The van der Waals surface area contributed by atoms with Crippen molar-refractivity contribution in [2.45, 2.75) is 6.04 Å². The van der Waals surface area contributed by atoms with Crippen LogP contribution in [0.15, 0.2) is 42.5 Å². The molecule has 1 aliphatic rings. The number of aromatic nitrogens is 1. The predicted octanol–water partition coefficient (Wildman–Crippen LogP) is 3.31. The topological polar surface area (TPSA) is 46.6 Å². The molecule has 0 saturated carbocycles.